The van der Waals surface area contributed by atoms with Gasteiger partial charge in [-0.25, -0.2) is 9.59 Å². The summed E-state index contributed by atoms with van der Waals surface area (Å²) in [6, 6.07) is 6.07. The van der Waals surface area contributed by atoms with Gasteiger partial charge in [0.25, 0.3) is 0 Å². The van der Waals surface area contributed by atoms with Gasteiger partial charge in [0.15, 0.2) is 0 Å². The van der Waals surface area contributed by atoms with E-state index in [1.54, 1.807) is 12.1 Å². The summed E-state index contributed by atoms with van der Waals surface area (Å²) in [5.74, 6) is -1.70. The van der Waals surface area contributed by atoms with Crippen molar-refractivity contribution >= 4 is 11.9 Å². The van der Waals surface area contributed by atoms with Crippen LogP contribution in [0.15, 0.2) is 36.9 Å². The second kappa shape index (κ2) is 8.91. The van der Waals surface area contributed by atoms with E-state index in [2.05, 4.69) is 6.58 Å². The molecule has 1 rings (SSSR count). The molecule has 0 radical (unpaired) electrons. The van der Waals surface area contributed by atoms with Gasteiger partial charge in [0.05, 0.1) is 17.7 Å². The highest BCUT2D eigenvalue weighted by atomic mass is 16.5. The lowest BCUT2D eigenvalue weighted by molar-refractivity contribution is 0.0487. The van der Waals surface area contributed by atoms with Crippen LogP contribution in [0.3, 0.4) is 0 Å². The van der Waals surface area contributed by atoms with Gasteiger partial charge in [-0.3, -0.25) is 0 Å². The van der Waals surface area contributed by atoms with E-state index >= 15 is 0 Å². The average molecular weight is 276 g/mol. The highest BCUT2D eigenvalue weighted by Crippen LogP contribution is 2.11. The fraction of sp³-hybridized carbons (Fsp3) is 0.375. The summed E-state index contributed by atoms with van der Waals surface area (Å²) >= 11 is 0. The minimum absolute atomic E-state index is 0.0246. The molecule has 0 bridgehead atoms. The van der Waals surface area contributed by atoms with Crippen molar-refractivity contribution in [3.05, 3.63) is 48.0 Å². The number of carbonyl (C=O) groups excluding carboxylic acids is 1. The molecule has 0 unspecified atom stereocenters. The van der Waals surface area contributed by atoms with E-state index in [1.807, 2.05) is 6.08 Å². The van der Waals surface area contributed by atoms with E-state index in [9.17, 15) is 9.59 Å². The molecule has 20 heavy (non-hydrogen) atoms. The number of carboxylic acid groups (broad SMARTS) is 1. The van der Waals surface area contributed by atoms with Gasteiger partial charge in [0, 0.05) is 0 Å². The molecule has 0 saturated carbocycles. The number of esters is 1. The van der Waals surface area contributed by atoms with Crippen molar-refractivity contribution in [1.29, 1.82) is 0 Å². The van der Waals surface area contributed by atoms with Crippen molar-refractivity contribution in [3.8, 4) is 0 Å². The molecule has 0 atom stereocenters. The second-order valence-corrected chi connectivity index (χ2v) is 4.48. The molecule has 1 aromatic rings. The van der Waals surface area contributed by atoms with E-state index in [4.69, 9.17) is 9.84 Å². The molecule has 4 nitrogen and oxygen atoms in total. The van der Waals surface area contributed by atoms with Gasteiger partial charge in [0.2, 0.25) is 0 Å². The molecule has 0 fully saturated rings. The highest BCUT2D eigenvalue weighted by molar-refractivity contribution is 6.02. The number of ether oxygens (including phenoxy) is 1. The maximum atomic E-state index is 11.8. The zero-order valence-corrected chi connectivity index (χ0v) is 11.5. The largest absolute Gasteiger partial charge is 0.478 e. The summed E-state index contributed by atoms with van der Waals surface area (Å²) < 4.78 is 5.10. The number of unbranched alkanes of at least 4 members (excludes halogenated alkanes) is 4. The molecule has 108 valence electrons. The summed E-state index contributed by atoms with van der Waals surface area (Å²) in [4.78, 5) is 22.8. The Morgan fingerprint density at radius 1 is 1.10 bits per heavy atom. The maximum Gasteiger partial charge on any atom is 0.339 e. The van der Waals surface area contributed by atoms with Crippen molar-refractivity contribution in [2.24, 2.45) is 0 Å². The van der Waals surface area contributed by atoms with Gasteiger partial charge in [-0.1, -0.05) is 31.1 Å². The van der Waals surface area contributed by atoms with Crippen LogP contribution in [0.1, 0.15) is 52.8 Å². The van der Waals surface area contributed by atoms with Crippen molar-refractivity contribution in [1.82, 2.24) is 0 Å². The minimum Gasteiger partial charge on any atom is -0.478 e. The molecule has 1 N–H and O–H groups in total. The van der Waals surface area contributed by atoms with Gasteiger partial charge in [0.1, 0.15) is 0 Å². The zero-order valence-electron chi connectivity index (χ0n) is 11.5. The molecule has 0 aliphatic heterocycles. The third kappa shape index (κ3) is 5.26. The third-order valence-electron chi connectivity index (χ3n) is 2.91. The number of aromatic carboxylic acids is 1. The van der Waals surface area contributed by atoms with Gasteiger partial charge in [-0.05, 0) is 31.4 Å². The Morgan fingerprint density at radius 3 is 2.40 bits per heavy atom. The summed E-state index contributed by atoms with van der Waals surface area (Å²) in [5.41, 5.74) is 0.0788. The molecule has 0 spiro atoms. The fourth-order valence-corrected chi connectivity index (χ4v) is 1.83. The van der Waals surface area contributed by atoms with Crippen LogP contribution in [0.2, 0.25) is 0 Å². The molecular weight excluding hydrogens is 256 g/mol. The minimum atomic E-state index is -1.12. The molecule has 0 aliphatic rings. The smallest absolute Gasteiger partial charge is 0.339 e. The molecule has 4 heteroatoms. The van der Waals surface area contributed by atoms with E-state index in [0.717, 1.165) is 32.1 Å². The lowest BCUT2D eigenvalue weighted by Crippen LogP contribution is -2.12. The van der Waals surface area contributed by atoms with Crippen LogP contribution in [0, 0.1) is 0 Å². The van der Waals surface area contributed by atoms with Gasteiger partial charge in [-0.15, -0.1) is 6.58 Å². The lowest BCUT2D eigenvalue weighted by atomic mass is 10.1. The summed E-state index contributed by atoms with van der Waals surface area (Å²) in [6.45, 7) is 3.98. The van der Waals surface area contributed by atoms with Crippen molar-refractivity contribution in [2.45, 2.75) is 32.1 Å². The number of hydrogen-bond donors (Lipinski definition) is 1. The molecule has 0 amide bonds. The summed E-state index contributed by atoms with van der Waals surface area (Å²) in [5, 5.41) is 8.99. The van der Waals surface area contributed by atoms with Gasteiger partial charge in [-0.2, -0.15) is 0 Å². The van der Waals surface area contributed by atoms with Crippen LogP contribution in [0.5, 0.6) is 0 Å². The first-order chi connectivity index (χ1) is 9.66. The van der Waals surface area contributed by atoms with Crippen molar-refractivity contribution in [3.63, 3.8) is 0 Å². The average Bonchev–Trinajstić information content (AvgIpc) is 2.46. The van der Waals surface area contributed by atoms with Crippen LogP contribution < -0.4 is 0 Å². The summed E-state index contributed by atoms with van der Waals surface area (Å²) in [7, 11) is 0. The first kappa shape index (κ1) is 16.0. The molecular formula is C16H20O4. The zero-order chi connectivity index (χ0) is 14.8. The monoisotopic (exact) mass is 276 g/mol. The number of benzene rings is 1. The van der Waals surface area contributed by atoms with Crippen LogP contribution >= 0.6 is 0 Å². The Balaban J connectivity index is 2.36. The number of allylic oxidation sites excluding steroid dienone is 1. The maximum absolute atomic E-state index is 11.8. The predicted molar refractivity (Wildman–Crippen MR) is 77.0 cm³/mol. The Bertz CT molecular complexity index is 465. The Labute approximate surface area is 119 Å². The first-order valence-corrected chi connectivity index (χ1v) is 6.77. The Hall–Kier alpha value is -2.10. The van der Waals surface area contributed by atoms with Gasteiger partial charge >= 0.3 is 11.9 Å². The van der Waals surface area contributed by atoms with Crippen molar-refractivity contribution in [2.75, 3.05) is 6.61 Å². The fourth-order valence-electron chi connectivity index (χ4n) is 1.83. The van der Waals surface area contributed by atoms with E-state index in [0.29, 0.717) is 6.61 Å². The predicted octanol–water partition coefficient (Wildman–Crippen LogP) is 3.68. The number of carbonyl (C=O) groups is 2. The number of carboxylic acids is 1. The molecule has 0 heterocycles. The van der Waals surface area contributed by atoms with E-state index in [1.165, 1.54) is 12.1 Å². The quantitative estimate of drug-likeness (QED) is 0.424. The molecule has 0 saturated heterocycles. The van der Waals surface area contributed by atoms with Crippen LogP contribution in [-0.2, 0) is 4.74 Å². The van der Waals surface area contributed by atoms with Crippen LogP contribution in [0.25, 0.3) is 0 Å². The standard InChI is InChI=1S/C16H20O4/c1-2-3-4-5-6-9-12-20-16(19)14-11-8-7-10-13(14)15(17)18/h2,7-8,10-11H,1,3-6,9,12H2,(H,17,18). The molecule has 0 aliphatic carbocycles. The lowest BCUT2D eigenvalue weighted by Gasteiger charge is -2.07. The molecule has 1 aromatic carbocycles. The number of rotatable bonds is 9. The highest BCUT2D eigenvalue weighted by Gasteiger charge is 2.16. The second-order valence-electron chi connectivity index (χ2n) is 4.48. The van der Waals surface area contributed by atoms with E-state index in [-0.39, 0.29) is 11.1 Å². The Morgan fingerprint density at radius 2 is 1.75 bits per heavy atom. The van der Waals surface area contributed by atoms with Crippen LogP contribution in [-0.4, -0.2) is 23.7 Å². The normalized spacial score (nSPS) is 10.0. The van der Waals surface area contributed by atoms with Gasteiger partial charge < -0.3 is 9.84 Å². The van der Waals surface area contributed by atoms with Crippen molar-refractivity contribution < 1.29 is 19.4 Å². The number of hydrogen-bond acceptors (Lipinski definition) is 3. The Kier molecular flexibility index (Phi) is 7.11. The SMILES string of the molecule is C=CCCCCCCOC(=O)c1ccccc1C(=O)O. The van der Waals surface area contributed by atoms with E-state index < -0.39 is 11.9 Å². The molecule has 0 aromatic heterocycles. The first-order valence-electron chi connectivity index (χ1n) is 6.77. The summed E-state index contributed by atoms with van der Waals surface area (Å²) in [6.07, 6.45) is 6.85. The topological polar surface area (TPSA) is 63.6 Å². The van der Waals surface area contributed by atoms with Crippen LogP contribution in [0.4, 0.5) is 0 Å². The third-order valence-corrected chi connectivity index (χ3v) is 2.91.